The van der Waals surface area contributed by atoms with Gasteiger partial charge >= 0.3 is 44.8 Å². The van der Waals surface area contributed by atoms with Crippen LogP contribution in [0.25, 0.3) is 6.08 Å². The third kappa shape index (κ3) is 5.90. The molecule has 15 heavy (non-hydrogen) atoms. The molecule has 88 valence electrons. The summed E-state index contributed by atoms with van der Waals surface area (Å²) in [5, 5.41) is 10.8. The largest absolute Gasteiger partial charge is 1.00 e. The second-order valence-corrected chi connectivity index (χ2v) is 3.16. The van der Waals surface area contributed by atoms with Crippen LogP contribution in [0.1, 0.15) is 5.56 Å². The van der Waals surface area contributed by atoms with Crippen LogP contribution in [-0.2, 0) is 62.2 Å². The minimum absolute atomic E-state index is 0. The van der Waals surface area contributed by atoms with E-state index in [1.54, 1.807) is 24.3 Å². The molecule has 0 aliphatic heterocycles. The predicted molar refractivity (Wildman–Crippen MR) is 51.8 cm³/mol. The van der Waals surface area contributed by atoms with Gasteiger partial charge in [0.1, 0.15) is 0 Å². The Morgan fingerprint density at radius 1 is 1.33 bits per heavy atom. The van der Waals surface area contributed by atoms with Crippen molar-refractivity contribution in [2.75, 3.05) is 0 Å². The van der Waals surface area contributed by atoms with Crippen molar-refractivity contribution in [1.29, 1.82) is 0 Å². The molecule has 1 aromatic rings. The van der Waals surface area contributed by atoms with Crippen molar-refractivity contribution in [2.24, 2.45) is 0 Å². The van der Waals surface area contributed by atoms with Gasteiger partial charge in [-0.1, -0.05) is 35.9 Å². The van der Waals surface area contributed by atoms with Crippen molar-refractivity contribution in [3.8, 4) is 0 Å². The number of carbonyl (C=O) groups is 1. The number of rotatable bonds is 2. The summed E-state index contributed by atoms with van der Waals surface area (Å²) in [4.78, 5) is 10.0. The van der Waals surface area contributed by atoms with Gasteiger partial charge in [0, 0.05) is 11.0 Å². The van der Waals surface area contributed by atoms with Crippen molar-refractivity contribution in [1.82, 2.24) is 0 Å². The van der Waals surface area contributed by atoms with Crippen LogP contribution < -0.4 is 5.11 Å². The number of benzene rings is 1. The van der Waals surface area contributed by atoms with Gasteiger partial charge < -0.3 is 22.5 Å². The molecule has 0 saturated carbocycles. The molecule has 0 bridgehead atoms. The maximum Gasteiger partial charge on any atom is 1.00 e. The summed E-state index contributed by atoms with van der Waals surface area (Å²) in [6.45, 7) is 0. The van der Waals surface area contributed by atoms with E-state index in [0.29, 0.717) is 10.6 Å². The number of carboxylic acid groups (broad SMARTS) is 1. The first-order valence-electron chi connectivity index (χ1n) is 3.46. The molecule has 0 aliphatic rings. The maximum absolute atomic E-state index is 10.3. The smallest absolute Gasteiger partial charge is 0.778 e. The van der Waals surface area contributed by atoms with Gasteiger partial charge in [-0.2, -0.15) is 4.91 Å². The second-order valence-electron chi connectivity index (χ2n) is 2.32. The molecule has 2 nitrogen and oxygen atoms in total. The Bertz CT molecular complexity index is 369. The summed E-state index contributed by atoms with van der Waals surface area (Å²) in [6, 6.07) is 6.83. The fourth-order valence-electron chi connectivity index (χ4n) is 0.792. The van der Waals surface area contributed by atoms with Crippen LogP contribution in [0.15, 0.2) is 29.2 Å². The first kappa shape index (κ1) is 17.8. The van der Waals surface area contributed by atoms with Crippen molar-refractivity contribution < 1.29 is 54.7 Å². The van der Waals surface area contributed by atoms with Gasteiger partial charge in [0.2, 0.25) is 0 Å². The molecule has 6 heteroatoms. The summed E-state index contributed by atoms with van der Waals surface area (Å²) < 4.78 is 0. The molecule has 0 radical (unpaired) electrons. The van der Waals surface area contributed by atoms with Crippen LogP contribution in [0.4, 0.5) is 0 Å². The van der Waals surface area contributed by atoms with E-state index in [-0.39, 0.29) is 49.7 Å². The molecule has 0 heterocycles. The van der Waals surface area contributed by atoms with Gasteiger partial charge in [-0.3, -0.25) is 0 Å². The minimum Gasteiger partial charge on any atom is -0.778 e. The summed E-state index contributed by atoms with van der Waals surface area (Å²) in [5.41, 5.74) is 0.582. The SMILES string of the molecule is O=C([O-])/C([S-])=C/c1ccccc1Cl.[Ag+].[Ag+]. The maximum atomic E-state index is 10.3. The van der Waals surface area contributed by atoms with Crippen LogP contribution in [0.2, 0.25) is 5.02 Å². The van der Waals surface area contributed by atoms with E-state index in [1.165, 1.54) is 6.08 Å². The van der Waals surface area contributed by atoms with E-state index in [0.717, 1.165) is 0 Å². The zero-order valence-corrected chi connectivity index (χ0v) is 11.6. The van der Waals surface area contributed by atoms with Gasteiger partial charge in [-0.05, 0) is 11.6 Å². The molecule has 0 aliphatic carbocycles. The standard InChI is InChI=1S/C9H7ClO2S.2Ag/c10-7-4-2-1-3-6(7)5-8(13)9(11)12;;/h1-5,13H,(H,11,12);;/q;2*+1/p-2/b8-5-;;. The van der Waals surface area contributed by atoms with E-state index in [2.05, 4.69) is 12.6 Å². The second kappa shape index (κ2) is 8.56. The van der Waals surface area contributed by atoms with Gasteiger partial charge in [0.25, 0.3) is 0 Å². The fourth-order valence-corrected chi connectivity index (χ4v) is 1.11. The predicted octanol–water partition coefficient (Wildman–Crippen LogP) is 0.973. The summed E-state index contributed by atoms with van der Waals surface area (Å²) in [5.74, 6) is -1.37. The third-order valence-corrected chi connectivity index (χ3v) is 2.02. The van der Waals surface area contributed by atoms with E-state index >= 15 is 0 Å². The van der Waals surface area contributed by atoms with Crippen molar-refractivity contribution in [3.05, 3.63) is 39.8 Å². The molecule has 0 saturated heterocycles. The summed E-state index contributed by atoms with van der Waals surface area (Å²) >= 11 is 10.3. The van der Waals surface area contributed by atoms with E-state index in [4.69, 9.17) is 11.6 Å². The Kier molecular flexibility index (Phi) is 10.2. The Balaban J connectivity index is 0. The number of hydrogen-bond acceptors (Lipinski definition) is 3. The molecule has 0 unspecified atom stereocenters. The van der Waals surface area contributed by atoms with E-state index in [9.17, 15) is 9.90 Å². The topological polar surface area (TPSA) is 40.1 Å². The molecular weight excluding hydrogens is 423 g/mol. The number of carbonyl (C=O) groups excluding carboxylic acids is 1. The first-order chi connectivity index (χ1) is 6.11. The van der Waals surface area contributed by atoms with Crippen LogP contribution in [0, 0.1) is 0 Å². The zero-order chi connectivity index (χ0) is 9.84. The third-order valence-electron chi connectivity index (χ3n) is 1.39. The Morgan fingerprint density at radius 2 is 1.87 bits per heavy atom. The number of hydrogen-bond donors (Lipinski definition) is 0. The molecule has 0 N–H and O–H groups in total. The van der Waals surface area contributed by atoms with Crippen LogP contribution >= 0.6 is 11.6 Å². The number of aliphatic carboxylic acids is 1. The summed E-state index contributed by atoms with van der Waals surface area (Å²) in [6.07, 6.45) is 1.30. The van der Waals surface area contributed by atoms with Crippen molar-refractivity contribution >= 4 is 36.3 Å². The van der Waals surface area contributed by atoms with E-state index < -0.39 is 5.97 Å². The molecule has 0 aromatic heterocycles. The average molecular weight is 428 g/mol. The monoisotopic (exact) mass is 426 g/mol. The van der Waals surface area contributed by atoms with Gasteiger partial charge in [0.05, 0.1) is 0 Å². The first-order valence-corrected chi connectivity index (χ1v) is 4.24. The van der Waals surface area contributed by atoms with Crippen molar-refractivity contribution in [2.45, 2.75) is 0 Å². The van der Waals surface area contributed by atoms with Crippen LogP contribution in [0.5, 0.6) is 0 Å². The number of halogens is 1. The Labute approximate surface area is 130 Å². The molecule has 0 fully saturated rings. The quantitative estimate of drug-likeness (QED) is 0.401. The Morgan fingerprint density at radius 3 is 2.33 bits per heavy atom. The number of carboxylic acids is 1. The van der Waals surface area contributed by atoms with Crippen LogP contribution in [0.3, 0.4) is 0 Å². The van der Waals surface area contributed by atoms with Crippen molar-refractivity contribution in [3.63, 3.8) is 0 Å². The fraction of sp³-hybridized carbons (Fsp3) is 0. The Hall–Kier alpha value is 0.421. The molecule has 0 atom stereocenters. The summed E-state index contributed by atoms with van der Waals surface area (Å²) in [7, 11) is 0. The molecule has 1 aromatic carbocycles. The molecular formula is C9H5Ag2ClO2S. The van der Waals surface area contributed by atoms with Gasteiger partial charge in [-0.15, -0.1) is 0 Å². The normalized spacial score (nSPS) is 9.80. The average Bonchev–Trinajstić information content (AvgIpc) is 2.08. The molecule has 1 rings (SSSR count). The zero-order valence-electron chi connectivity index (χ0n) is 7.09. The van der Waals surface area contributed by atoms with Crippen LogP contribution in [-0.4, -0.2) is 5.97 Å². The van der Waals surface area contributed by atoms with Gasteiger partial charge in [0.15, 0.2) is 0 Å². The molecule has 0 spiro atoms. The van der Waals surface area contributed by atoms with E-state index in [1.807, 2.05) is 0 Å². The minimum atomic E-state index is -1.37. The van der Waals surface area contributed by atoms with Gasteiger partial charge in [-0.25, -0.2) is 0 Å². The molecule has 0 amide bonds.